The number of hydrogen-bond donors (Lipinski definition) is 1. The summed E-state index contributed by atoms with van der Waals surface area (Å²) in [7, 11) is -3.71. The Morgan fingerprint density at radius 2 is 1.63 bits per heavy atom. The normalized spacial score (nSPS) is 26.4. The van der Waals surface area contributed by atoms with Gasteiger partial charge in [-0.25, -0.2) is 0 Å². The second-order valence-corrected chi connectivity index (χ2v) is 21.5. The molecule has 4 nitrogen and oxygen atoms in total. The van der Waals surface area contributed by atoms with Crippen molar-refractivity contribution in [2.75, 3.05) is 19.8 Å². The SMILES string of the molecule is CC(C)(C)[Si](C)(C)OC/C=C1/CC[C@@H](O[Si](C)(C)C(C)(C)C)[C@](C)(/C=C/CO)OC1. The number of aliphatic hydroxyl groups is 1. The summed E-state index contributed by atoms with van der Waals surface area (Å²) >= 11 is 0. The Labute approximate surface area is 188 Å². The smallest absolute Gasteiger partial charge is 0.192 e. The molecule has 0 unspecified atom stereocenters. The molecule has 2 atom stereocenters. The number of rotatable bonds is 7. The summed E-state index contributed by atoms with van der Waals surface area (Å²) in [4.78, 5) is 0. The lowest BCUT2D eigenvalue weighted by atomic mass is 9.94. The van der Waals surface area contributed by atoms with Crippen molar-refractivity contribution in [1.29, 1.82) is 0 Å². The third-order valence-electron chi connectivity index (χ3n) is 7.36. The molecular formula is C24H48O4Si2. The molecule has 0 spiro atoms. The fraction of sp³-hybridized carbons (Fsp3) is 0.833. The van der Waals surface area contributed by atoms with Crippen LogP contribution in [0.15, 0.2) is 23.8 Å². The van der Waals surface area contributed by atoms with Gasteiger partial charge in [0, 0.05) is 0 Å². The molecule has 1 heterocycles. The van der Waals surface area contributed by atoms with Crippen LogP contribution >= 0.6 is 0 Å². The highest BCUT2D eigenvalue weighted by Gasteiger charge is 2.45. The van der Waals surface area contributed by atoms with Gasteiger partial charge in [-0.05, 0) is 61.6 Å². The van der Waals surface area contributed by atoms with Crippen LogP contribution in [0.5, 0.6) is 0 Å². The minimum absolute atomic E-state index is 0.00874. The van der Waals surface area contributed by atoms with Gasteiger partial charge >= 0.3 is 0 Å². The third-order valence-corrected chi connectivity index (χ3v) is 16.3. The topological polar surface area (TPSA) is 47.9 Å². The lowest BCUT2D eigenvalue weighted by Gasteiger charge is -2.43. The molecule has 0 aromatic heterocycles. The summed E-state index contributed by atoms with van der Waals surface area (Å²) in [6.45, 7) is 26.1. The minimum atomic E-state index is -1.95. The van der Waals surface area contributed by atoms with Gasteiger partial charge in [-0.1, -0.05) is 59.8 Å². The van der Waals surface area contributed by atoms with Crippen molar-refractivity contribution in [1.82, 2.24) is 0 Å². The Hall–Kier alpha value is -0.246. The molecule has 6 heteroatoms. The molecule has 0 amide bonds. The number of ether oxygens (including phenoxy) is 1. The van der Waals surface area contributed by atoms with Gasteiger partial charge in [-0.15, -0.1) is 0 Å². The lowest BCUT2D eigenvalue weighted by Crippen LogP contribution is -2.51. The van der Waals surface area contributed by atoms with Crippen molar-refractivity contribution in [3.05, 3.63) is 23.8 Å². The molecule has 1 aliphatic rings. The highest BCUT2D eigenvalue weighted by atomic mass is 28.4. The van der Waals surface area contributed by atoms with Gasteiger partial charge < -0.3 is 18.7 Å². The quantitative estimate of drug-likeness (QED) is 0.353. The molecule has 1 N–H and O–H groups in total. The van der Waals surface area contributed by atoms with Crippen LogP contribution in [0.3, 0.4) is 0 Å². The maximum Gasteiger partial charge on any atom is 0.192 e. The van der Waals surface area contributed by atoms with Gasteiger partial charge in [-0.3, -0.25) is 0 Å². The van der Waals surface area contributed by atoms with Crippen molar-refractivity contribution < 1.29 is 18.7 Å². The zero-order valence-electron chi connectivity index (χ0n) is 21.5. The van der Waals surface area contributed by atoms with Crippen LogP contribution in [-0.4, -0.2) is 53.3 Å². The first-order chi connectivity index (χ1) is 13.5. The number of aliphatic hydroxyl groups excluding tert-OH is 1. The van der Waals surface area contributed by atoms with Crippen LogP contribution in [0.1, 0.15) is 61.3 Å². The Morgan fingerprint density at radius 3 is 2.13 bits per heavy atom. The van der Waals surface area contributed by atoms with Crippen LogP contribution in [-0.2, 0) is 13.6 Å². The molecule has 0 aromatic carbocycles. The van der Waals surface area contributed by atoms with Gasteiger partial charge in [0.2, 0.25) is 0 Å². The van der Waals surface area contributed by atoms with E-state index in [9.17, 15) is 5.11 Å². The van der Waals surface area contributed by atoms with Crippen molar-refractivity contribution in [3.63, 3.8) is 0 Å². The monoisotopic (exact) mass is 456 g/mol. The Bertz CT molecular complexity index is 612. The van der Waals surface area contributed by atoms with E-state index in [4.69, 9.17) is 13.6 Å². The molecule has 30 heavy (non-hydrogen) atoms. The van der Waals surface area contributed by atoms with E-state index in [0.717, 1.165) is 12.8 Å². The summed E-state index contributed by atoms with van der Waals surface area (Å²) in [5, 5.41) is 9.69. The van der Waals surface area contributed by atoms with Crippen molar-refractivity contribution in [3.8, 4) is 0 Å². The molecule has 0 radical (unpaired) electrons. The van der Waals surface area contributed by atoms with Gasteiger partial charge in [-0.2, -0.15) is 0 Å². The van der Waals surface area contributed by atoms with Crippen LogP contribution in [0, 0.1) is 0 Å². The first-order valence-corrected chi connectivity index (χ1v) is 17.2. The predicted molar refractivity (Wildman–Crippen MR) is 133 cm³/mol. The molecule has 1 fully saturated rings. The van der Waals surface area contributed by atoms with Crippen LogP contribution in [0.4, 0.5) is 0 Å². The summed E-state index contributed by atoms with van der Waals surface area (Å²) in [6, 6.07) is 0. The van der Waals surface area contributed by atoms with Crippen LogP contribution < -0.4 is 0 Å². The van der Waals surface area contributed by atoms with Crippen molar-refractivity contribution in [2.45, 2.75) is 109 Å². The van der Waals surface area contributed by atoms with Crippen molar-refractivity contribution >= 4 is 16.6 Å². The highest BCUT2D eigenvalue weighted by Crippen LogP contribution is 2.41. The Balaban J connectivity index is 2.99. The van der Waals surface area contributed by atoms with Gasteiger partial charge in [0.05, 0.1) is 25.9 Å². The Kier molecular flexibility index (Phi) is 9.38. The minimum Gasteiger partial charge on any atom is -0.413 e. The maximum atomic E-state index is 9.34. The zero-order valence-corrected chi connectivity index (χ0v) is 23.5. The summed E-state index contributed by atoms with van der Waals surface area (Å²) < 4.78 is 19.6. The molecule has 0 saturated carbocycles. The molecule has 0 bridgehead atoms. The molecule has 1 saturated heterocycles. The first kappa shape index (κ1) is 27.8. The largest absolute Gasteiger partial charge is 0.413 e. The molecule has 1 aliphatic heterocycles. The van der Waals surface area contributed by atoms with Crippen LogP contribution in [0.2, 0.25) is 36.3 Å². The van der Waals surface area contributed by atoms with E-state index in [1.165, 1.54) is 5.57 Å². The van der Waals surface area contributed by atoms with E-state index >= 15 is 0 Å². The van der Waals surface area contributed by atoms with E-state index in [2.05, 4.69) is 80.7 Å². The van der Waals surface area contributed by atoms with E-state index in [1.807, 2.05) is 6.08 Å². The second kappa shape index (κ2) is 10.1. The highest BCUT2D eigenvalue weighted by molar-refractivity contribution is 6.74. The fourth-order valence-corrected chi connectivity index (χ4v) is 5.26. The molecule has 176 valence electrons. The summed E-state index contributed by atoms with van der Waals surface area (Å²) in [5.41, 5.74) is 0.729. The van der Waals surface area contributed by atoms with E-state index in [0.29, 0.717) is 13.2 Å². The lowest BCUT2D eigenvalue weighted by molar-refractivity contribution is -0.0594. The first-order valence-electron chi connectivity index (χ1n) is 11.4. The average molecular weight is 457 g/mol. The standard InChI is InChI=1S/C24H48O4Si2/c1-22(2,3)29(8,9)27-18-15-20-13-14-21(28-30(10,11)23(4,5)6)24(7,26-19-20)16-12-17-25/h12,15-16,21,25H,13-14,17-19H2,1-11H3/b16-12+,20-15-/t21-,24+/m1/s1. The summed E-state index contributed by atoms with van der Waals surface area (Å²) in [6.07, 6.45) is 7.80. The molecule has 1 rings (SSSR count). The van der Waals surface area contributed by atoms with E-state index < -0.39 is 22.2 Å². The van der Waals surface area contributed by atoms with E-state index in [-0.39, 0.29) is 22.8 Å². The summed E-state index contributed by atoms with van der Waals surface area (Å²) in [5.74, 6) is 0. The predicted octanol–water partition coefficient (Wildman–Crippen LogP) is 6.44. The average Bonchev–Trinajstić information content (AvgIpc) is 2.72. The maximum absolute atomic E-state index is 9.34. The Morgan fingerprint density at radius 1 is 1.07 bits per heavy atom. The second-order valence-electron chi connectivity index (χ2n) is 11.9. The fourth-order valence-electron chi connectivity index (χ4n) is 2.91. The number of hydrogen-bond acceptors (Lipinski definition) is 4. The zero-order chi connectivity index (χ0) is 23.4. The molecule has 0 aromatic rings. The van der Waals surface area contributed by atoms with Crippen molar-refractivity contribution in [2.24, 2.45) is 0 Å². The van der Waals surface area contributed by atoms with Gasteiger partial charge in [0.15, 0.2) is 16.6 Å². The van der Waals surface area contributed by atoms with Gasteiger partial charge in [0.1, 0.15) is 5.60 Å². The van der Waals surface area contributed by atoms with Crippen LogP contribution in [0.25, 0.3) is 0 Å². The third kappa shape index (κ3) is 7.42. The molecule has 0 aliphatic carbocycles. The van der Waals surface area contributed by atoms with E-state index in [1.54, 1.807) is 6.08 Å². The molecular weight excluding hydrogens is 408 g/mol. The van der Waals surface area contributed by atoms with Gasteiger partial charge in [0.25, 0.3) is 0 Å².